The van der Waals surface area contributed by atoms with E-state index < -0.39 is 23.8 Å². The summed E-state index contributed by atoms with van der Waals surface area (Å²) in [5, 5.41) is 10.6. The maximum atomic E-state index is 14.8. The Bertz CT molecular complexity index is 1340. The van der Waals surface area contributed by atoms with Gasteiger partial charge in [0.25, 0.3) is 5.56 Å². The van der Waals surface area contributed by atoms with Crippen LogP contribution < -0.4 is 16.2 Å². The number of carbonyl (C=O) groups excluding carboxylic acids is 2. The van der Waals surface area contributed by atoms with E-state index in [4.69, 9.17) is 16.3 Å². The quantitative estimate of drug-likeness (QED) is 0.541. The van der Waals surface area contributed by atoms with Crippen molar-refractivity contribution in [3.05, 3.63) is 82.1 Å². The van der Waals surface area contributed by atoms with Crippen molar-refractivity contribution in [2.24, 2.45) is 5.10 Å². The lowest BCUT2D eigenvalue weighted by atomic mass is 10.1. The molecule has 2 aromatic heterocycles. The molecule has 3 heterocycles. The molecule has 1 atom stereocenters. The number of hydrazone groups is 1. The number of pyridine rings is 2. The molecular formula is C23H20ClFN6O4. The van der Waals surface area contributed by atoms with E-state index in [2.05, 4.69) is 20.7 Å². The van der Waals surface area contributed by atoms with Crippen molar-refractivity contribution in [3.63, 3.8) is 0 Å². The van der Waals surface area contributed by atoms with Gasteiger partial charge in [0.05, 0.1) is 28.7 Å². The van der Waals surface area contributed by atoms with Crippen LogP contribution in [-0.4, -0.2) is 52.0 Å². The van der Waals surface area contributed by atoms with Crippen LogP contribution in [0.25, 0.3) is 5.69 Å². The lowest BCUT2D eigenvalue weighted by molar-refractivity contribution is -0.119. The van der Waals surface area contributed by atoms with Crippen LogP contribution in [0.4, 0.5) is 20.7 Å². The second kappa shape index (κ2) is 10.5. The minimum atomic E-state index is -1.05. The fourth-order valence-corrected chi connectivity index (χ4v) is 3.56. The van der Waals surface area contributed by atoms with Gasteiger partial charge in [-0.25, -0.2) is 19.2 Å². The third kappa shape index (κ3) is 5.53. The highest BCUT2D eigenvalue weighted by atomic mass is 35.5. The Morgan fingerprint density at radius 2 is 2.03 bits per heavy atom. The lowest BCUT2D eigenvalue weighted by Gasteiger charge is -2.21. The summed E-state index contributed by atoms with van der Waals surface area (Å²) in [6.07, 6.45) is 2.97. The Balaban J connectivity index is 1.51. The van der Waals surface area contributed by atoms with E-state index in [0.717, 1.165) is 11.1 Å². The number of anilines is 2. The SMILES string of the molecule is COCC1=NN(C(=O)Nc2ccc(Cl)cn2)C(C(=O)Nc2ccc(-n3ccccc3=O)cc2F)C1. The number of urea groups is 1. The van der Waals surface area contributed by atoms with E-state index in [1.54, 1.807) is 18.2 Å². The normalized spacial score (nSPS) is 15.0. The highest BCUT2D eigenvalue weighted by Gasteiger charge is 2.37. The van der Waals surface area contributed by atoms with E-state index >= 15 is 0 Å². The van der Waals surface area contributed by atoms with Gasteiger partial charge in [-0.3, -0.25) is 19.5 Å². The fourth-order valence-electron chi connectivity index (χ4n) is 3.45. The van der Waals surface area contributed by atoms with Crippen LogP contribution in [0.3, 0.4) is 0 Å². The molecule has 0 saturated carbocycles. The maximum absolute atomic E-state index is 14.8. The molecule has 1 aromatic carbocycles. The third-order valence-electron chi connectivity index (χ3n) is 5.07. The van der Waals surface area contributed by atoms with Crippen molar-refractivity contribution < 1.29 is 18.7 Å². The first-order chi connectivity index (χ1) is 16.9. The number of ether oxygens (including phenoxy) is 1. The van der Waals surface area contributed by atoms with Crippen molar-refractivity contribution in [3.8, 4) is 5.69 Å². The van der Waals surface area contributed by atoms with Gasteiger partial charge in [0.2, 0.25) is 5.91 Å². The number of hydrogen-bond donors (Lipinski definition) is 2. The maximum Gasteiger partial charge on any atom is 0.344 e. The van der Waals surface area contributed by atoms with Gasteiger partial charge < -0.3 is 10.1 Å². The Morgan fingerprint density at radius 3 is 2.71 bits per heavy atom. The number of nitrogens with zero attached hydrogens (tertiary/aromatic N) is 4. The van der Waals surface area contributed by atoms with Gasteiger partial charge in [-0.2, -0.15) is 5.10 Å². The zero-order chi connectivity index (χ0) is 24.9. The molecule has 0 saturated heterocycles. The topological polar surface area (TPSA) is 118 Å². The number of halogens is 2. The van der Waals surface area contributed by atoms with Crippen molar-refractivity contribution in [1.82, 2.24) is 14.6 Å². The summed E-state index contributed by atoms with van der Waals surface area (Å²) in [5.74, 6) is -1.18. The van der Waals surface area contributed by atoms with Crippen molar-refractivity contribution in [1.29, 1.82) is 0 Å². The molecule has 35 heavy (non-hydrogen) atoms. The van der Waals surface area contributed by atoms with E-state index in [-0.39, 0.29) is 30.1 Å². The molecule has 12 heteroatoms. The molecular weight excluding hydrogens is 479 g/mol. The lowest BCUT2D eigenvalue weighted by Crippen LogP contribution is -2.43. The van der Waals surface area contributed by atoms with Gasteiger partial charge in [0.15, 0.2) is 0 Å². The predicted molar refractivity (Wildman–Crippen MR) is 128 cm³/mol. The molecule has 180 valence electrons. The van der Waals surface area contributed by atoms with E-state index in [1.807, 2.05) is 0 Å². The number of benzene rings is 1. The van der Waals surface area contributed by atoms with Crippen LogP contribution >= 0.6 is 11.6 Å². The molecule has 0 spiro atoms. The highest BCUT2D eigenvalue weighted by molar-refractivity contribution is 6.30. The molecule has 4 rings (SSSR count). The monoisotopic (exact) mass is 498 g/mol. The second-order valence-electron chi connectivity index (χ2n) is 7.52. The minimum absolute atomic E-state index is 0.0975. The molecule has 1 unspecified atom stereocenters. The zero-order valence-corrected chi connectivity index (χ0v) is 19.2. The van der Waals surface area contributed by atoms with E-state index in [0.29, 0.717) is 16.4 Å². The first-order valence-corrected chi connectivity index (χ1v) is 10.8. The standard InChI is InChI=1S/C23H20ClFN6O4/c1-35-13-15-10-19(31(29-15)23(34)28-20-8-5-14(24)12-26-20)22(33)27-18-7-6-16(11-17(18)25)30-9-3-2-4-21(30)32/h2-9,11-12,19H,10,13H2,1H3,(H,27,33)(H,26,28,34). The Hall–Kier alpha value is -4.09. The summed E-state index contributed by atoms with van der Waals surface area (Å²) in [7, 11) is 1.47. The van der Waals surface area contributed by atoms with Crippen molar-refractivity contribution >= 4 is 40.8 Å². The summed E-state index contributed by atoms with van der Waals surface area (Å²) < 4.78 is 21.1. The zero-order valence-electron chi connectivity index (χ0n) is 18.4. The molecule has 1 aliphatic rings. The summed E-state index contributed by atoms with van der Waals surface area (Å²) in [4.78, 5) is 41.8. The van der Waals surface area contributed by atoms with Crippen LogP contribution in [0.2, 0.25) is 5.02 Å². The number of carbonyl (C=O) groups is 2. The van der Waals surface area contributed by atoms with Gasteiger partial charge in [-0.1, -0.05) is 17.7 Å². The summed E-state index contributed by atoms with van der Waals surface area (Å²) in [6, 6.07) is 9.85. The molecule has 2 N–H and O–H groups in total. The molecule has 0 bridgehead atoms. The van der Waals surface area contributed by atoms with Gasteiger partial charge in [-0.15, -0.1) is 0 Å². The van der Waals surface area contributed by atoms with Crippen LogP contribution in [0.15, 0.2) is 70.8 Å². The molecule has 1 aliphatic heterocycles. The second-order valence-corrected chi connectivity index (χ2v) is 7.95. The van der Waals surface area contributed by atoms with Gasteiger partial charge in [0, 0.05) is 38.1 Å². The number of nitrogens with one attached hydrogen (secondary N) is 2. The largest absolute Gasteiger partial charge is 0.379 e. The molecule has 3 amide bonds. The number of aromatic nitrogens is 2. The number of hydrogen-bond acceptors (Lipinski definition) is 6. The van der Waals surface area contributed by atoms with E-state index in [1.165, 1.54) is 48.3 Å². The molecule has 3 aromatic rings. The average molecular weight is 499 g/mol. The summed E-state index contributed by atoms with van der Waals surface area (Å²) in [6.45, 7) is 0.113. The van der Waals surface area contributed by atoms with Crippen LogP contribution in [0.5, 0.6) is 0 Å². The summed E-state index contributed by atoms with van der Waals surface area (Å²) >= 11 is 5.81. The van der Waals surface area contributed by atoms with Crippen LogP contribution in [-0.2, 0) is 9.53 Å². The van der Waals surface area contributed by atoms with Crippen molar-refractivity contribution in [2.45, 2.75) is 12.5 Å². The Kier molecular flexibility index (Phi) is 7.18. The Labute approximate surface area is 204 Å². The number of methoxy groups -OCH3 is 1. The predicted octanol–water partition coefficient (Wildman–Crippen LogP) is 3.27. The molecule has 10 nitrogen and oxygen atoms in total. The first kappa shape index (κ1) is 24.0. The van der Waals surface area contributed by atoms with E-state index in [9.17, 15) is 18.8 Å². The molecule has 0 radical (unpaired) electrons. The van der Waals surface area contributed by atoms with Gasteiger partial charge in [0.1, 0.15) is 17.7 Å². The number of amides is 3. The summed E-state index contributed by atoms with van der Waals surface area (Å²) in [5.41, 5.74) is 0.331. The Morgan fingerprint density at radius 1 is 1.20 bits per heavy atom. The number of rotatable bonds is 6. The highest BCUT2D eigenvalue weighted by Crippen LogP contribution is 2.22. The van der Waals surface area contributed by atoms with Gasteiger partial charge >= 0.3 is 6.03 Å². The smallest absolute Gasteiger partial charge is 0.344 e. The average Bonchev–Trinajstić information content (AvgIpc) is 3.27. The molecule has 0 fully saturated rings. The minimum Gasteiger partial charge on any atom is -0.379 e. The molecule has 0 aliphatic carbocycles. The van der Waals surface area contributed by atoms with Gasteiger partial charge in [-0.05, 0) is 30.3 Å². The van der Waals surface area contributed by atoms with Crippen LogP contribution in [0.1, 0.15) is 6.42 Å². The van der Waals surface area contributed by atoms with Crippen molar-refractivity contribution in [2.75, 3.05) is 24.4 Å². The fraction of sp³-hybridized carbons (Fsp3) is 0.174. The van der Waals surface area contributed by atoms with Crippen LogP contribution in [0, 0.1) is 5.82 Å². The third-order valence-corrected chi connectivity index (χ3v) is 5.29. The first-order valence-electron chi connectivity index (χ1n) is 10.4.